The first-order valence-corrected chi connectivity index (χ1v) is 9.76. The number of anilines is 2. The molecule has 5 nitrogen and oxygen atoms in total. The van der Waals surface area contributed by atoms with Crippen LogP contribution in [-0.4, -0.2) is 36.3 Å². The van der Waals surface area contributed by atoms with Crippen molar-refractivity contribution in [2.24, 2.45) is 5.92 Å². The monoisotopic (exact) mass is 381 g/mol. The summed E-state index contributed by atoms with van der Waals surface area (Å²) in [5.74, 6) is 0.425. The predicted molar refractivity (Wildman–Crippen MR) is 107 cm³/mol. The highest BCUT2D eigenvalue weighted by Gasteiger charge is 2.23. The molecule has 0 aliphatic carbocycles. The predicted octanol–water partition coefficient (Wildman–Crippen LogP) is 3.21. The third-order valence-electron chi connectivity index (χ3n) is 5.58. The highest BCUT2D eigenvalue weighted by Crippen LogP contribution is 2.26. The van der Waals surface area contributed by atoms with E-state index in [0.717, 1.165) is 54.9 Å². The van der Waals surface area contributed by atoms with Gasteiger partial charge in [0.05, 0.1) is 13.0 Å². The van der Waals surface area contributed by atoms with E-state index >= 15 is 0 Å². The van der Waals surface area contributed by atoms with Gasteiger partial charge in [-0.3, -0.25) is 9.59 Å². The van der Waals surface area contributed by atoms with Crippen molar-refractivity contribution in [1.82, 2.24) is 4.90 Å². The molecule has 2 aliphatic heterocycles. The van der Waals surface area contributed by atoms with Crippen LogP contribution in [-0.2, 0) is 22.4 Å². The van der Waals surface area contributed by atoms with E-state index in [2.05, 4.69) is 10.6 Å². The summed E-state index contributed by atoms with van der Waals surface area (Å²) in [5.41, 5.74) is 3.82. The van der Waals surface area contributed by atoms with Crippen LogP contribution >= 0.6 is 0 Å². The Kier molecular flexibility index (Phi) is 5.28. The van der Waals surface area contributed by atoms with Gasteiger partial charge in [-0.15, -0.1) is 0 Å². The SMILES string of the molecule is O=C1Cc2cc(NCC(=O)N3CCC(Cc4ccc(F)cc4)CC3)ccc2N1. The summed E-state index contributed by atoms with van der Waals surface area (Å²) in [7, 11) is 0. The summed E-state index contributed by atoms with van der Waals surface area (Å²) in [6.07, 6.45) is 3.26. The standard InChI is InChI=1S/C22H24FN3O2/c23-18-3-1-15(2-4-18)11-16-7-9-26(10-8-16)22(28)14-24-19-5-6-20-17(12-19)13-21(27)25-20/h1-6,12,16,24H,7-11,13-14H2,(H,25,27). The van der Waals surface area contributed by atoms with Crippen LogP contribution in [0.4, 0.5) is 15.8 Å². The molecule has 6 heteroatoms. The van der Waals surface area contributed by atoms with Gasteiger partial charge >= 0.3 is 0 Å². The lowest BCUT2D eigenvalue weighted by Crippen LogP contribution is -2.41. The third-order valence-corrected chi connectivity index (χ3v) is 5.58. The topological polar surface area (TPSA) is 61.4 Å². The minimum atomic E-state index is -0.206. The number of amides is 2. The first-order valence-electron chi connectivity index (χ1n) is 9.76. The molecule has 2 amide bonds. The van der Waals surface area contributed by atoms with Gasteiger partial charge in [0.15, 0.2) is 0 Å². The van der Waals surface area contributed by atoms with Crippen LogP contribution in [0.3, 0.4) is 0 Å². The minimum absolute atomic E-state index is 0.00624. The number of halogens is 1. The number of nitrogens with one attached hydrogen (secondary N) is 2. The van der Waals surface area contributed by atoms with Crippen molar-refractivity contribution in [3.05, 3.63) is 59.4 Å². The zero-order valence-corrected chi connectivity index (χ0v) is 15.7. The molecule has 0 atom stereocenters. The Morgan fingerprint density at radius 1 is 1.14 bits per heavy atom. The number of nitrogens with zero attached hydrogens (tertiary/aromatic N) is 1. The molecule has 0 radical (unpaired) electrons. The Balaban J connectivity index is 1.24. The summed E-state index contributed by atoms with van der Waals surface area (Å²) in [5, 5.41) is 5.98. The number of carbonyl (C=O) groups excluding carboxylic acids is 2. The Hall–Kier alpha value is -2.89. The van der Waals surface area contributed by atoms with Gasteiger partial charge < -0.3 is 15.5 Å². The molecule has 2 N–H and O–H groups in total. The first-order chi connectivity index (χ1) is 13.6. The molecule has 0 spiro atoms. The lowest BCUT2D eigenvalue weighted by atomic mass is 9.90. The number of carbonyl (C=O) groups is 2. The molecule has 1 fully saturated rings. The average Bonchev–Trinajstić information content (AvgIpc) is 3.08. The van der Waals surface area contributed by atoms with E-state index in [-0.39, 0.29) is 24.2 Å². The van der Waals surface area contributed by atoms with Gasteiger partial charge in [0.25, 0.3) is 0 Å². The number of hydrogen-bond acceptors (Lipinski definition) is 3. The third kappa shape index (κ3) is 4.32. The van der Waals surface area contributed by atoms with E-state index in [1.807, 2.05) is 35.2 Å². The normalized spacial score (nSPS) is 16.6. The van der Waals surface area contributed by atoms with Crippen LogP contribution in [0.5, 0.6) is 0 Å². The highest BCUT2D eigenvalue weighted by atomic mass is 19.1. The number of likely N-dealkylation sites (tertiary alicyclic amines) is 1. The van der Waals surface area contributed by atoms with Gasteiger partial charge in [0, 0.05) is 24.5 Å². The second-order valence-corrected chi connectivity index (χ2v) is 7.61. The zero-order valence-electron chi connectivity index (χ0n) is 15.7. The molecule has 146 valence electrons. The van der Waals surface area contributed by atoms with Crippen molar-refractivity contribution >= 4 is 23.2 Å². The van der Waals surface area contributed by atoms with E-state index in [1.54, 1.807) is 0 Å². The van der Waals surface area contributed by atoms with Crippen LogP contribution in [0.25, 0.3) is 0 Å². The van der Waals surface area contributed by atoms with Gasteiger partial charge in [-0.05, 0) is 66.6 Å². The fourth-order valence-corrected chi connectivity index (χ4v) is 3.97. The summed E-state index contributed by atoms with van der Waals surface area (Å²) in [6.45, 7) is 1.77. The van der Waals surface area contributed by atoms with Crippen molar-refractivity contribution in [1.29, 1.82) is 0 Å². The molecule has 28 heavy (non-hydrogen) atoms. The molecule has 0 bridgehead atoms. The maximum atomic E-state index is 13.0. The van der Waals surface area contributed by atoms with E-state index in [9.17, 15) is 14.0 Å². The van der Waals surface area contributed by atoms with E-state index in [0.29, 0.717) is 12.3 Å². The maximum Gasteiger partial charge on any atom is 0.241 e. The Morgan fingerprint density at radius 2 is 1.89 bits per heavy atom. The molecule has 1 saturated heterocycles. The van der Waals surface area contributed by atoms with Gasteiger partial charge in [-0.2, -0.15) is 0 Å². The summed E-state index contributed by atoms with van der Waals surface area (Å²) >= 11 is 0. The molecular weight excluding hydrogens is 357 g/mol. The molecule has 4 rings (SSSR count). The minimum Gasteiger partial charge on any atom is -0.376 e. The number of rotatable bonds is 5. The van der Waals surface area contributed by atoms with Crippen LogP contribution in [0.1, 0.15) is 24.0 Å². The van der Waals surface area contributed by atoms with Crippen LogP contribution in [0.15, 0.2) is 42.5 Å². The fraction of sp³-hybridized carbons (Fsp3) is 0.364. The molecule has 0 unspecified atom stereocenters. The molecule has 2 aromatic rings. The molecule has 2 heterocycles. The largest absolute Gasteiger partial charge is 0.376 e. The van der Waals surface area contributed by atoms with Crippen molar-refractivity contribution in [2.45, 2.75) is 25.7 Å². The van der Waals surface area contributed by atoms with Crippen LogP contribution < -0.4 is 10.6 Å². The zero-order chi connectivity index (χ0) is 19.5. The summed E-state index contributed by atoms with van der Waals surface area (Å²) in [6, 6.07) is 12.4. The lowest BCUT2D eigenvalue weighted by Gasteiger charge is -2.32. The molecule has 0 aromatic heterocycles. The average molecular weight is 381 g/mol. The number of hydrogen-bond donors (Lipinski definition) is 2. The first kappa shape index (κ1) is 18.5. The Bertz CT molecular complexity index is 874. The molecular formula is C22H24FN3O2. The summed E-state index contributed by atoms with van der Waals surface area (Å²) < 4.78 is 13.0. The molecule has 0 saturated carbocycles. The Labute approximate surface area is 163 Å². The van der Waals surface area contributed by atoms with Crippen LogP contribution in [0, 0.1) is 11.7 Å². The lowest BCUT2D eigenvalue weighted by molar-refractivity contribution is -0.130. The van der Waals surface area contributed by atoms with Crippen LogP contribution in [0.2, 0.25) is 0 Å². The van der Waals surface area contributed by atoms with Crippen molar-refractivity contribution < 1.29 is 14.0 Å². The summed E-state index contributed by atoms with van der Waals surface area (Å²) in [4.78, 5) is 25.9. The second-order valence-electron chi connectivity index (χ2n) is 7.61. The number of fused-ring (bicyclic) bond motifs is 1. The second kappa shape index (κ2) is 8.00. The Morgan fingerprint density at radius 3 is 2.64 bits per heavy atom. The van der Waals surface area contributed by atoms with Gasteiger partial charge in [-0.25, -0.2) is 4.39 Å². The van der Waals surface area contributed by atoms with Gasteiger partial charge in [0.1, 0.15) is 5.82 Å². The highest BCUT2D eigenvalue weighted by molar-refractivity contribution is 5.99. The number of benzene rings is 2. The van der Waals surface area contributed by atoms with Crippen molar-refractivity contribution in [3.63, 3.8) is 0 Å². The van der Waals surface area contributed by atoms with Gasteiger partial charge in [-0.1, -0.05) is 12.1 Å². The maximum absolute atomic E-state index is 13.0. The molecule has 2 aromatic carbocycles. The van der Waals surface area contributed by atoms with E-state index in [1.165, 1.54) is 12.1 Å². The van der Waals surface area contributed by atoms with Gasteiger partial charge in [0.2, 0.25) is 11.8 Å². The number of piperidine rings is 1. The molecule has 2 aliphatic rings. The van der Waals surface area contributed by atoms with E-state index < -0.39 is 0 Å². The van der Waals surface area contributed by atoms with E-state index in [4.69, 9.17) is 0 Å². The smallest absolute Gasteiger partial charge is 0.241 e. The quantitative estimate of drug-likeness (QED) is 0.836. The fourth-order valence-electron chi connectivity index (χ4n) is 3.97. The van der Waals surface area contributed by atoms with Crippen molar-refractivity contribution in [3.8, 4) is 0 Å². The van der Waals surface area contributed by atoms with Crippen molar-refractivity contribution in [2.75, 3.05) is 30.3 Å².